The number of hydrogen-bond acceptors (Lipinski definition) is 3. The minimum Gasteiger partial charge on any atom is -0.419 e. The molecule has 0 aliphatic carbocycles. The largest absolute Gasteiger partial charge is 0.419 e. The average Bonchev–Trinajstić information content (AvgIpc) is 2.32. The van der Waals surface area contributed by atoms with Gasteiger partial charge in [-0.05, 0) is 39.2 Å². The zero-order valence-electron chi connectivity index (χ0n) is 13.9. The van der Waals surface area contributed by atoms with Crippen molar-refractivity contribution < 1.29 is 13.6 Å². The third kappa shape index (κ3) is 5.31. The van der Waals surface area contributed by atoms with Crippen LogP contribution in [0.1, 0.15) is 26.2 Å². The minimum absolute atomic E-state index is 0.00172. The Hall–Kier alpha value is -0.176. The monoisotopic (exact) mass is 317 g/mol. The first-order valence-corrected chi connectivity index (χ1v) is 14.0. The lowest BCUT2D eigenvalue weighted by Crippen LogP contribution is -2.64. The van der Waals surface area contributed by atoms with E-state index in [0.717, 1.165) is 19.3 Å². The van der Waals surface area contributed by atoms with Crippen LogP contribution in [0.2, 0.25) is 32.7 Å². The Morgan fingerprint density at radius 2 is 1.95 bits per heavy atom. The Morgan fingerprint density at radius 3 is 2.45 bits per heavy atom. The van der Waals surface area contributed by atoms with Crippen LogP contribution >= 0.6 is 0 Å². The molecule has 6 heteroatoms. The van der Waals surface area contributed by atoms with Crippen LogP contribution in [0.4, 0.5) is 0 Å². The average molecular weight is 318 g/mol. The van der Waals surface area contributed by atoms with Crippen molar-refractivity contribution in [1.29, 1.82) is 0 Å². The van der Waals surface area contributed by atoms with Crippen LogP contribution in [-0.2, 0) is 13.6 Å². The summed E-state index contributed by atoms with van der Waals surface area (Å²) in [5, 5.41) is 0. The van der Waals surface area contributed by atoms with E-state index < -0.39 is 17.4 Å². The van der Waals surface area contributed by atoms with Gasteiger partial charge in [0.15, 0.2) is 17.4 Å². The van der Waals surface area contributed by atoms with Crippen LogP contribution in [0.3, 0.4) is 0 Å². The summed E-state index contributed by atoms with van der Waals surface area (Å²) < 4.78 is 11.9. The van der Waals surface area contributed by atoms with E-state index >= 15 is 0 Å². The molecule has 0 bridgehead atoms. The first-order valence-electron chi connectivity index (χ1n) is 7.86. The molecule has 1 aliphatic rings. The molecule has 0 aromatic heterocycles. The van der Waals surface area contributed by atoms with E-state index in [9.17, 15) is 4.79 Å². The lowest BCUT2D eigenvalue weighted by Gasteiger charge is -2.49. The molecular formula is C14H31NO3Si2. The molecule has 118 valence electrons. The van der Waals surface area contributed by atoms with Crippen molar-refractivity contribution in [2.75, 3.05) is 13.2 Å². The summed E-state index contributed by atoms with van der Waals surface area (Å²) in [5.41, 5.74) is 0. The lowest BCUT2D eigenvalue weighted by molar-refractivity contribution is -0.179. The van der Waals surface area contributed by atoms with Crippen LogP contribution in [0.15, 0.2) is 0 Å². The molecule has 2 unspecified atom stereocenters. The molecule has 0 radical (unpaired) electrons. The fraction of sp³-hybridized carbons (Fsp3) is 0.929. The molecule has 2 atom stereocenters. The third-order valence-corrected chi connectivity index (χ3v) is 5.23. The zero-order chi connectivity index (χ0) is 15.3. The molecule has 1 heterocycles. The van der Waals surface area contributed by atoms with Gasteiger partial charge in [0, 0.05) is 6.54 Å². The van der Waals surface area contributed by atoms with Crippen LogP contribution in [0.5, 0.6) is 0 Å². The van der Waals surface area contributed by atoms with Gasteiger partial charge in [-0.15, -0.1) is 0 Å². The smallest absolute Gasteiger partial charge is 0.232 e. The van der Waals surface area contributed by atoms with Gasteiger partial charge in [-0.2, -0.15) is 0 Å². The molecule has 0 saturated carbocycles. The van der Waals surface area contributed by atoms with Crippen LogP contribution in [0, 0.1) is 5.92 Å². The van der Waals surface area contributed by atoms with Gasteiger partial charge < -0.3 is 13.8 Å². The highest BCUT2D eigenvalue weighted by Crippen LogP contribution is 2.33. The Morgan fingerprint density at radius 1 is 1.30 bits per heavy atom. The standard InChI is InChI=1S/C14H31NO3Si2/c1-7-8-9-12-13(16)15(10-11-17-19(2)3)14(12)18-20(4,5)6/h12,14,19H,7-11H2,1-6H3. The number of amides is 1. The predicted molar refractivity (Wildman–Crippen MR) is 87.8 cm³/mol. The number of carbonyl (C=O) groups excluding carboxylic acids is 1. The van der Waals surface area contributed by atoms with Gasteiger partial charge in [0.05, 0.1) is 12.5 Å². The fourth-order valence-corrected chi connectivity index (χ4v) is 4.01. The SMILES string of the molecule is CCCCC1C(=O)N(CCO[SiH](C)C)C1O[Si](C)(C)C. The number of hydrogen-bond donors (Lipinski definition) is 0. The molecule has 20 heavy (non-hydrogen) atoms. The Balaban J connectivity index is 2.55. The molecule has 4 nitrogen and oxygen atoms in total. The predicted octanol–water partition coefficient (Wildman–Crippen LogP) is 2.81. The second-order valence-corrected chi connectivity index (χ2v) is 13.7. The summed E-state index contributed by atoms with van der Waals surface area (Å²) in [6.07, 6.45) is 3.19. The summed E-state index contributed by atoms with van der Waals surface area (Å²) in [4.78, 5) is 14.1. The third-order valence-electron chi connectivity index (χ3n) is 3.38. The number of rotatable bonds is 9. The summed E-state index contributed by atoms with van der Waals surface area (Å²) >= 11 is 0. The molecule has 0 aromatic carbocycles. The van der Waals surface area contributed by atoms with E-state index in [4.69, 9.17) is 8.85 Å². The Bertz CT molecular complexity index is 318. The van der Waals surface area contributed by atoms with Gasteiger partial charge >= 0.3 is 0 Å². The second kappa shape index (κ2) is 7.72. The highest BCUT2D eigenvalue weighted by Gasteiger charge is 2.48. The zero-order valence-corrected chi connectivity index (χ0v) is 16.1. The normalized spacial score (nSPS) is 23.4. The molecule has 1 fully saturated rings. The molecule has 1 aliphatic heterocycles. The van der Waals surface area contributed by atoms with Crippen LogP contribution < -0.4 is 0 Å². The molecule has 0 aromatic rings. The Labute approximate surface area is 126 Å². The highest BCUT2D eigenvalue weighted by molar-refractivity contribution is 6.69. The number of nitrogens with zero attached hydrogens (tertiary/aromatic N) is 1. The maximum Gasteiger partial charge on any atom is 0.232 e. The topological polar surface area (TPSA) is 38.8 Å². The van der Waals surface area contributed by atoms with Crippen molar-refractivity contribution >= 4 is 23.3 Å². The van der Waals surface area contributed by atoms with Gasteiger partial charge in [-0.25, -0.2) is 0 Å². The minimum atomic E-state index is -1.63. The number of β-lactam (4-membered cyclic amide) rings is 1. The van der Waals surface area contributed by atoms with E-state index in [1.54, 1.807) is 0 Å². The van der Waals surface area contributed by atoms with Gasteiger partial charge in [-0.1, -0.05) is 19.8 Å². The quantitative estimate of drug-likeness (QED) is 0.485. The van der Waals surface area contributed by atoms with E-state index in [2.05, 4.69) is 39.7 Å². The maximum atomic E-state index is 12.3. The van der Waals surface area contributed by atoms with Crippen molar-refractivity contribution in [2.45, 2.75) is 65.1 Å². The van der Waals surface area contributed by atoms with Crippen molar-refractivity contribution in [1.82, 2.24) is 4.90 Å². The van der Waals surface area contributed by atoms with Crippen molar-refractivity contribution in [3.05, 3.63) is 0 Å². The van der Waals surface area contributed by atoms with Crippen LogP contribution in [-0.4, -0.2) is 47.5 Å². The number of carbonyl (C=O) groups is 1. The number of unbranched alkanes of at least 4 members (excludes halogenated alkanes) is 1. The molecule has 1 rings (SSSR count). The first-order chi connectivity index (χ1) is 9.26. The van der Waals surface area contributed by atoms with Crippen molar-refractivity contribution in [3.8, 4) is 0 Å². The molecule has 0 N–H and O–H groups in total. The van der Waals surface area contributed by atoms with E-state index in [1.165, 1.54) is 0 Å². The first kappa shape index (κ1) is 17.9. The summed E-state index contributed by atoms with van der Waals surface area (Å²) in [7, 11) is -2.63. The summed E-state index contributed by atoms with van der Waals surface area (Å²) in [6.45, 7) is 14.4. The van der Waals surface area contributed by atoms with Crippen molar-refractivity contribution in [2.24, 2.45) is 5.92 Å². The van der Waals surface area contributed by atoms with E-state index in [0.29, 0.717) is 13.2 Å². The molecular weight excluding hydrogens is 286 g/mol. The van der Waals surface area contributed by atoms with E-state index in [1.807, 2.05) is 4.90 Å². The number of likely N-dealkylation sites (tertiary alicyclic amines) is 1. The van der Waals surface area contributed by atoms with Gasteiger partial charge in [0.1, 0.15) is 6.23 Å². The fourth-order valence-electron chi connectivity index (χ4n) is 2.42. The van der Waals surface area contributed by atoms with Gasteiger partial charge in [0.2, 0.25) is 5.91 Å². The molecule has 0 spiro atoms. The van der Waals surface area contributed by atoms with E-state index in [-0.39, 0.29) is 18.1 Å². The summed E-state index contributed by atoms with van der Waals surface area (Å²) in [6, 6.07) is 0. The maximum absolute atomic E-state index is 12.3. The van der Waals surface area contributed by atoms with Crippen LogP contribution in [0.25, 0.3) is 0 Å². The summed E-state index contributed by atoms with van der Waals surface area (Å²) in [5.74, 6) is 0.341. The van der Waals surface area contributed by atoms with Crippen molar-refractivity contribution in [3.63, 3.8) is 0 Å². The van der Waals surface area contributed by atoms with Gasteiger partial charge in [0.25, 0.3) is 0 Å². The van der Waals surface area contributed by atoms with Gasteiger partial charge in [-0.3, -0.25) is 4.79 Å². The molecule has 1 amide bonds. The molecule has 1 saturated heterocycles. The second-order valence-electron chi connectivity index (χ2n) is 6.82. The highest BCUT2D eigenvalue weighted by atomic mass is 28.4. The lowest BCUT2D eigenvalue weighted by atomic mass is 9.90. The Kier molecular flexibility index (Phi) is 6.90.